The number of allylic oxidation sites excluding steroid dienone is 1. The van der Waals surface area contributed by atoms with Crippen LogP contribution < -0.4 is 4.74 Å². The van der Waals surface area contributed by atoms with Gasteiger partial charge in [0, 0.05) is 16.6 Å². The van der Waals surface area contributed by atoms with Gasteiger partial charge >= 0.3 is 0 Å². The molecule has 0 N–H and O–H groups in total. The quantitative estimate of drug-likeness (QED) is 0.811. The van der Waals surface area contributed by atoms with Crippen LogP contribution in [0.1, 0.15) is 28.8 Å². The first-order valence-electron chi connectivity index (χ1n) is 6.28. The SMILES string of the molecule is COc1cc(C#N)ccc1C=C(C(C)=O)c1nc(C)cs1. The third kappa shape index (κ3) is 3.36. The molecule has 0 aliphatic heterocycles. The minimum Gasteiger partial charge on any atom is -0.496 e. The first kappa shape index (κ1) is 14.9. The summed E-state index contributed by atoms with van der Waals surface area (Å²) < 4.78 is 5.29. The molecule has 0 bridgehead atoms. The lowest BCUT2D eigenvalue weighted by Crippen LogP contribution is -1.97. The normalized spacial score (nSPS) is 11.0. The van der Waals surface area contributed by atoms with Gasteiger partial charge in [-0.15, -0.1) is 11.3 Å². The minimum atomic E-state index is -0.0595. The van der Waals surface area contributed by atoms with Crippen molar-refractivity contribution in [2.24, 2.45) is 0 Å². The van der Waals surface area contributed by atoms with Crippen LogP contribution in [0.4, 0.5) is 0 Å². The number of ketones is 1. The number of benzene rings is 1. The second-order valence-corrected chi connectivity index (χ2v) is 5.33. The van der Waals surface area contributed by atoms with Crippen LogP contribution in [-0.2, 0) is 4.79 Å². The minimum absolute atomic E-state index is 0.0595. The maximum atomic E-state index is 11.9. The molecule has 0 aliphatic rings. The Morgan fingerprint density at radius 1 is 1.48 bits per heavy atom. The molecule has 0 saturated heterocycles. The van der Waals surface area contributed by atoms with Crippen LogP contribution in [0.3, 0.4) is 0 Å². The summed E-state index contributed by atoms with van der Waals surface area (Å²) in [7, 11) is 1.54. The van der Waals surface area contributed by atoms with Gasteiger partial charge in [0.15, 0.2) is 5.78 Å². The average molecular weight is 298 g/mol. The largest absolute Gasteiger partial charge is 0.496 e. The number of aromatic nitrogens is 1. The molecule has 0 amide bonds. The van der Waals surface area contributed by atoms with E-state index in [-0.39, 0.29) is 5.78 Å². The molecule has 4 nitrogen and oxygen atoms in total. The highest BCUT2D eigenvalue weighted by molar-refractivity contribution is 7.11. The lowest BCUT2D eigenvalue weighted by molar-refractivity contribution is -0.111. The predicted molar refractivity (Wildman–Crippen MR) is 83.1 cm³/mol. The first-order chi connectivity index (χ1) is 10.0. The molecule has 0 unspecified atom stereocenters. The van der Waals surface area contributed by atoms with Crippen molar-refractivity contribution < 1.29 is 9.53 Å². The van der Waals surface area contributed by atoms with Crippen molar-refractivity contribution in [3.05, 3.63) is 45.4 Å². The van der Waals surface area contributed by atoms with Crippen LogP contribution in [0.5, 0.6) is 5.75 Å². The molecular weight excluding hydrogens is 284 g/mol. The monoisotopic (exact) mass is 298 g/mol. The molecule has 0 fully saturated rings. The number of Topliss-reactive ketones (excluding diaryl/α,β-unsaturated/α-hetero) is 1. The smallest absolute Gasteiger partial charge is 0.162 e. The van der Waals surface area contributed by atoms with Gasteiger partial charge in [0.05, 0.1) is 24.3 Å². The Labute approximate surface area is 127 Å². The van der Waals surface area contributed by atoms with Gasteiger partial charge in [-0.25, -0.2) is 4.98 Å². The topological polar surface area (TPSA) is 63.0 Å². The molecule has 1 aromatic heterocycles. The summed E-state index contributed by atoms with van der Waals surface area (Å²) >= 11 is 1.43. The zero-order valence-corrected chi connectivity index (χ0v) is 12.8. The number of nitriles is 1. The molecule has 0 atom stereocenters. The Balaban J connectivity index is 2.53. The molecule has 21 heavy (non-hydrogen) atoms. The summed E-state index contributed by atoms with van der Waals surface area (Å²) in [6, 6.07) is 7.17. The van der Waals surface area contributed by atoms with E-state index >= 15 is 0 Å². The fourth-order valence-electron chi connectivity index (χ4n) is 1.85. The number of methoxy groups -OCH3 is 1. The number of rotatable bonds is 4. The Morgan fingerprint density at radius 2 is 2.24 bits per heavy atom. The number of hydrogen-bond donors (Lipinski definition) is 0. The van der Waals surface area contributed by atoms with E-state index in [0.717, 1.165) is 11.3 Å². The Bertz CT molecular complexity index is 754. The summed E-state index contributed by atoms with van der Waals surface area (Å²) in [6.45, 7) is 3.40. The standard InChI is InChI=1S/C16H14N2O2S/c1-10-9-21-16(18-10)14(11(2)19)7-13-5-4-12(8-17)6-15(13)20-3/h4-7,9H,1-3H3. The van der Waals surface area contributed by atoms with Crippen LogP contribution in [0.25, 0.3) is 11.6 Å². The zero-order chi connectivity index (χ0) is 15.4. The van der Waals surface area contributed by atoms with Crippen LogP contribution in [0.2, 0.25) is 0 Å². The lowest BCUT2D eigenvalue weighted by atomic mass is 10.1. The van der Waals surface area contributed by atoms with Crippen molar-refractivity contribution in [3.63, 3.8) is 0 Å². The highest BCUT2D eigenvalue weighted by atomic mass is 32.1. The molecule has 0 radical (unpaired) electrons. The summed E-state index contributed by atoms with van der Waals surface area (Å²) in [6.07, 6.45) is 1.75. The number of nitrogens with zero attached hydrogens (tertiary/aromatic N) is 2. The summed E-state index contributed by atoms with van der Waals surface area (Å²) in [5.74, 6) is 0.497. The Kier molecular flexibility index (Phi) is 4.51. The highest BCUT2D eigenvalue weighted by Gasteiger charge is 2.13. The van der Waals surface area contributed by atoms with Gasteiger partial charge in [-0.1, -0.05) is 0 Å². The van der Waals surface area contributed by atoms with Crippen molar-refractivity contribution in [1.82, 2.24) is 4.98 Å². The number of ether oxygens (including phenoxy) is 1. The summed E-state index contributed by atoms with van der Waals surface area (Å²) in [5.41, 5.74) is 2.68. The van der Waals surface area contributed by atoms with Gasteiger partial charge in [0.1, 0.15) is 10.8 Å². The van der Waals surface area contributed by atoms with E-state index in [1.165, 1.54) is 25.4 Å². The van der Waals surface area contributed by atoms with E-state index in [0.29, 0.717) is 21.9 Å². The van der Waals surface area contributed by atoms with E-state index in [4.69, 9.17) is 10.00 Å². The fourth-order valence-corrected chi connectivity index (χ4v) is 2.71. The summed E-state index contributed by atoms with van der Waals surface area (Å²) in [5, 5.41) is 11.5. The third-order valence-electron chi connectivity index (χ3n) is 2.89. The molecule has 0 saturated carbocycles. The highest BCUT2D eigenvalue weighted by Crippen LogP contribution is 2.27. The van der Waals surface area contributed by atoms with Gasteiger partial charge in [-0.3, -0.25) is 4.79 Å². The van der Waals surface area contributed by atoms with Gasteiger partial charge in [-0.2, -0.15) is 5.26 Å². The van der Waals surface area contributed by atoms with Gasteiger partial charge in [0.2, 0.25) is 0 Å². The average Bonchev–Trinajstić information content (AvgIpc) is 2.90. The Hall–Kier alpha value is -2.45. The predicted octanol–water partition coefficient (Wildman–Crippen LogP) is 3.46. The van der Waals surface area contributed by atoms with Gasteiger partial charge < -0.3 is 4.74 Å². The first-order valence-corrected chi connectivity index (χ1v) is 7.16. The van der Waals surface area contributed by atoms with Gasteiger partial charge in [0.25, 0.3) is 0 Å². The van der Waals surface area contributed by atoms with E-state index in [9.17, 15) is 4.79 Å². The molecule has 2 aromatic rings. The molecule has 5 heteroatoms. The van der Waals surface area contributed by atoms with Crippen LogP contribution in [0.15, 0.2) is 23.6 Å². The molecule has 1 aromatic carbocycles. The Morgan fingerprint density at radius 3 is 2.76 bits per heavy atom. The number of hydrogen-bond acceptors (Lipinski definition) is 5. The molecule has 0 spiro atoms. The number of thiazole rings is 1. The van der Waals surface area contributed by atoms with Crippen LogP contribution in [-0.4, -0.2) is 17.9 Å². The maximum Gasteiger partial charge on any atom is 0.162 e. The lowest BCUT2D eigenvalue weighted by Gasteiger charge is -2.06. The van der Waals surface area contributed by atoms with E-state index in [1.54, 1.807) is 24.3 Å². The van der Waals surface area contributed by atoms with Crippen molar-refractivity contribution in [2.75, 3.05) is 7.11 Å². The van der Waals surface area contributed by atoms with Crippen molar-refractivity contribution in [2.45, 2.75) is 13.8 Å². The molecule has 2 rings (SSSR count). The number of carbonyl (C=O) groups excluding carboxylic acids is 1. The van der Waals surface area contributed by atoms with E-state index in [2.05, 4.69) is 11.1 Å². The number of carbonyl (C=O) groups is 1. The van der Waals surface area contributed by atoms with Gasteiger partial charge in [-0.05, 0) is 38.1 Å². The molecule has 1 heterocycles. The fraction of sp³-hybridized carbons (Fsp3) is 0.188. The van der Waals surface area contributed by atoms with Crippen molar-refractivity contribution >= 4 is 28.8 Å². The zero-order valence-electron chi connectivity index (χ0n) is 12.0. The number of aryl methyl sites for hydroxylation is 1. The van der Waals surface area contributed by atoms with Crippen LogP contribution >= 0.6 is 11.3 Å². The summed E-state index contributed by atoms with van der Waals surface area (Å²) in [4.78, 5) is 16.2. The maximum absolute atomic E-state index is 11.9. The van der Waals surface area contributed by atoms with Crippen molar-refractivity contribution in [3.8, 4) is 11.8 Å². The van der Waals surface area contributed by atoms with Crippen LogP contribution in [0, 0.1) is 18.3 Å². The molecular formula is C16H14N2O2S. The molecule has 0 aliphatic carbocycles. The second-order valence-electron chi connectivity index (χ2n) is 4.48. The van der Waals surface area contributed by atoms with E-state index < -0.39 is 0 Å². The van der Waals surface area contributed by atoms with E-state index in [1.807, 2.05) is 12.3 Å². The third-order valence-corrected chi connectivity index (χ3v) is 3.88. The van der Waals surface area contributed by atoms with Crippen molar-refractivity contribution in [1.29, 1.82) is 5.26 Å². The molecule has 106 valence electrons. The second kappa shape index (κ2) is 6.33.